The Morgan fingerprint density at radius 2 is 2.10 bits per heavy atom. The van der Waals surface area contributed by atoms with Crippen molar-refractivity contribution in [3.8, 4) is 0 Å². The first-order valence-electron chi connectivity index (χ1n) is 7.31. The third kappa shape index (κ3) is 4.17. The minimum Gasteiger partial charge on any atom is -0.383 e. The maximum absolute atomic E-state index is 11.3. The Labute approximate surface area is 124 Å². The lowest BCUT2D eigenvalue weighted by atomic mass is 10.1. The molecule has 6 heteroatoms. The number of H-pyrrole nitrogens is 2. The first-order chi connectivity index (χ1) is 10.1. The standard InChI is InChI=1S/C15H24N4O2/c1-10(17-12(9-21-2)4-3-7-16)11-5-6-13-14(8-11)19-15(20)18-13/h5-6,8,10,12,17H,3-4,7,9,16H2,1-2H3,(H2,18,19,20). The van der Waals surface area contributed by atoms with Gasteiger partial charge in [0, 0.05) is 19.2 Å². The Kier molecular flexibility index (Phi) is 5.55. The van der Waals surface area contributed by atoms with E-state index < -0.39 is 0 Å². The summed E-state index contributed by atoms with van der Waals surface area (Å²) < 4.78 is 5.26. The number of imidazole rings is 1. The number of aromatic amines is 2. The highest BCUT2D eigenvalue weighted by atomic mass is 16.5. The predicted molar refractivity (Wildman–Crippen MR) is 84.4 cm³/mol. The van der Waals surface area contributed by atoms with Crippen LogP contribution in [0.1, 0.15) is 31.4 Å². The molecule has 6 nitrogen and oxygen atoms in total. The molecular formula is C15H24N4O2. The number of fused-ring (bicyclic) bond motifs is 1. The molecule has 0 radical (unpaired) electrons. The SMILES string of the molecule is COCC(CCCN)NC(C)c1ccc2[nH]c(=O)[nH]c2c1. The van der Waals surface area contributed by atoms with Crippen molar-refractivity contribution in [1.29, 1.82) is 0 Å². The first-order valence-corrected chi connectivity index (χ1v) is 7.31. The molecule has 0 saturated heterocycles. The van der Waals surface area contributed by atoms with Gasteiger partial charge in [-0.25, -0.2) is 4.79 Å². The Balaban J connectivity index is 2.08. The maximum Gasteiger partial charge on any atom is 0.323 e. The normalized spacial score (nSPS) is 14.4. The number of nitrogens with two attached hydrogens (primary N) is 1. The zero-order valence-electron chi connectivity index (χ0n) is 12.6. The van der Waals surface area contributed by atoms with Crippen LogP contribution in [-0.2, 0) is 4.74 Å². The zero-order chi connectivity index (χ0) is 15.2. The molecule has 0 aliphatic carbocycles. The number of benzene rings is 1. The monoisotopic (exact) mass is 292 g/mol. The number of aromatic nitrogens is 2. The number of rotatable bonds is 8. The summed E-state index contributed by atoms with van der Waals surface area (Å²) in [5.74, 6) is 0. The number of nitrogens with one attached hydrogen (secondary N) is 3. The molecule has 0 spiro atoms. The van der Waals surface area contributed by atoms with Crippen molar-refractivity contribution in [1.82, 2.24) is 15.3 Å². The van der Waals surface area contributed by atoms with E-state index in [0.29, 0.717) is 13.2 Å². The molecule has 2 rings (SSSR count). The number of hydrogen-bond acceptors (Lipinski definition) is 4. The van der Waals surface area contributed by atoms with Gasteiger partial charge in [-0.15, -0.1) is 0 Å². The molecule has 0 fully saturated rings. The number of hydrogen-bond donors (Lipinski definition) is 4. The Hall–Kier alpha value is -1.63. The van der Waals surface area contributed by atoms with Crippen molar-refractivity contribution in [3.05, 3.63) is 34.2 Å². The predicted octanol–water partition coefficient (Wildman–Crippen LogP) is 1.26. The van der Waals surface area contributed by atoms with E-state index in [4.69, 9.17) is 10.5 Å². The van der Waals surface area contributed by atoms with Gasteiger partial charge in [0.1, 0.15) is 0 Å². The first kappa shape index (κ1) is 15.8. The van der Waals surface area contributed by atoms with Crippen molar-refractivity contribution in [2.45, 2.75) is 31.8 Å². The van der Waals surface area contributed by atoms with Crippen LogP contribution in [0.2, 0.25) is 0 Å². The van der Waals surface area contributed by atoms with E-state index >= 15 is 0 Å². The van der Waals surface area contributed by atoms with Crippen LogP contribution >= 0.6 is 0 Å². The van der Waals surface area contributed by atoms with Gasteiger partial charge in [0.15, 0.2) is 0 Å². The van der Waals surface area contributed by atoms with Gasteiger partial charge < -0.3 is 25.8 Å². The highest BCUT2D eigenvalue weighted by molar-refractivity contribution is 5.75. The highest BCUT2D eigenvalue weighted by Crippen LogP contribution is 2.18. The molecule has 2 atom stereocenters. The van der Waals surface area contributed by atoms with Gasteiger partial charge in [-0.1, -0.05) is 6.07 Å². The second-order valence-electron chi connectivity index (χ2n) is 5.36. The van der Waals surface area contributed by atoms with E-state index in [2.05, 4.69) is 22.2 Å². The fourth-order valence-corrected chi connectivity index (χ4v) is 2.55. The van der Waals surface area contributed by atoms with E-state index in [1.807, 2.05) is 18.2 Å². The van der Waals surface area contributed by atoms with Gasteiger partial charge in [0.25, 0.3) is 0 Å². The van der Waals surface area contributed by atoms with E-state index in [9.17, 15) is 4.79 Å². The molecule has 2 unspecified atom stereocenters. The third-order valence-corrected chi connectivity index (χ3v) is 3.65. The van der Waals surface area contributed by atoms with Crippen LogP contribution in [0.15, 0.2) is 23.0 Å². The van der Waals surface area contributed by atoms with Crippen molar-refractivity contribution >= 4 is 11.0 Å². The lowest BCUT2D eigenvalue weighted by molar-refractivity contribution is 0.156. The lowest BCUT2D eigenvalue weighted by Gasteiger charge is -2.23. The molecule has 1 aromatic heterocycles. The second kappa shape index (κ2) is 7.40. The quantitative estimate of drug-likeness (QED) is 0.589. The topological polar surface area (TPSA) is 95.9 Å². The summed E-state index contributed by atoms with van der Waals surface area (Å²) in [5.41, 5.74) is 8.18. The molecule has 1 aromatic carbocycles. The zero-order valence-corrected chi connectivity index (χ0v) is 12.6. The Bertz CT molecular complexity index is 619. The summed E-state index contributed by atoms with van der Waals surface area (Å²) in [6.45, 7) is 3.46. The van der Waals surface area contributed by atoms with Gasteiger partial charge in [-0.2, -0.15) is 0 Å². The van der Waals surface area contributed by atoms with Gasteiger partial charge in [-0.05, 0) is 44.0 Å². The van der Waals surface area contributed by atoms with Gasteiger partial charge >= 0.3 is 5.69 Å². The molecule has 0 aliphatic rings. The van der Waals surface area contributed by atoms with Crippen LogP contribution in [-0.4, -0.2) is 36.3 Å². The average Bonchev–Trinajstić information content (AvgIpc) is 2.83. The fourth-order valence-electron chi connectivity index (χ4n) is 2.55. The molecule has 2 aromatic rings. The largest absolute Gasteiger partial charge is 0.383 e. The highest BCUT2D eigenvalue weighted by Gasteiger charge is 2.13. The Morgan fingerprint density at radius 1 is 1.33 bits per heavy atom. The molecule has 0 bridgehead atoms. The van der Waals surface area contributed by atoms with Crippen LogP contribution in [0.5, 0.6) is 0 Å². The minimum absolute atomic E-state index is 0.172. The lowest BCUT2D eigenvalue weighted by Crippen LogP contribution is -2.35. The molecule has 116 valence electrons. The van der Waals surface area contributed by atoms with Crippen LogP contribution < -0.4 is 16.7 Å². The van der Waals surface area contributed by atoms with Crippen LogP contribution in [0, 0.1) is 0 Å². The van der Waals surface area contributed by atoms with Crippen molar-refractivity contribution in [2.75, 3.05) is 20.3 Å². The van der Waals surface area contributed by atoms with Gasteiger partial charge in [-0.3, -0.25) is 0 Å². The fraction of sp³-hybridized carbons (Fsp3) is 0.533. The van der Waals surface area contributed by atoms with Crippen molar-refractivity contribution in [2.24, 2.45) is 5.73 Å². The molecule has 0 aliphatic heterocycles. The van der Waals surface area contributed by atoms with E-state index in [0.717, 1.165) is 29.4 Å². The van der Waals surface area contributed by atoms with Gasteiger partial charge in [0.05, 0.1) is 17.6 Å². The average molecular weight is 292 g/mol. The smallest absolute Gasteiger partial charge is 0.323 e. The second-order valence-corrected chi connectivity index (χ2v) is 5.36. The van der Waals surface area contributed by atoms with Crippen molar-refractivity contribution in [3.63, 3.8) is 0 Å². The van der Waals surface area contributed by atoms with E-state index in [-0.39, 0.29) is 17.8 Å². The third-order valence-electron chi connectivity index (χ3n) is 3.65. The summed E-state index contributed by atoms with van der Waals surface area (Å²) in [4.78, 5) is 16.8. The molecule has 21 heavy (non-hydrogen) atoms. The molecule has 0 saturated carbocycles. The maximum atomic E-state index is 11.3. The molecule has 0 amide bonds. The van der Waals surface area contributed by atoms with Gasteiger partial charge in [0.2, 0.25) is 0 Å². The number of methoxy groups -OCH3 is 1. The summed E-state index contributed by atoms with van der Waals surface area (Å²) in [6.07, 6.45) is 1.95. The van der Waals surface area contributed by atoms with Crippen LogP contribution in [0.25, 0.3) is 11.0 Å². The van der Waals surface area contributed by atoms with E-state index in [1.165, 1.54) is 0 Å². The summed E-state index contributed by atoms with van der Waals surface area (Å²) >= 11 is 0. The van der Waals surface area contributed by atoms with E-state index in [1.54, 1.807) is 7.11 Å². The molecule has 1 heterocycles. The molecule has 5 N–H and O–H groups in total. The summed E-state index contributed by atoms with van der Waals surface area (Å²) in [5, 5.41) is 3.56. The van der Waals surface area contributed by atoms with Crippen LogP contribution in [0.4, 0.5) is 0 Å². The Morgan fingerprint density at radius 3 is 2.81 bits per heavy atom. The van der Waals surface area contributed by atoms with Crippen LogP contribution in [0.3, 0.4) is 0 Å². The summed E-state index contributed by atoms with van der Waals surface area (Å²) in [6, 6.07) is 6.39. The van der Waals surface area contributed by atoms with Crippen molar-refractivity contribution < 1.29 is 4.74 Å². The summed E-state index contributed by atoms with van der Waals surface area (Å²) in [7, 11) is 1.71. The number of ether oxygens (including phenoxy) is 1. The molecular weight excluding hydrogens is 268 g/mol. The minimum atomic E-state index is -0.178.